The molecule has 1 fully saturated rings. The van der Waals surface area contributed by atoms with Crippen molar-refractivity contribution in [3.05, 3.63) is 35.8 Å². The molecule has 1 aliphatic heterocycles. The van der Waals surface area contributed by atoms with Gasteiger partial charge in [0.05, 0.1) is 18.5 Å². The van der Waals surface area contributed by atoms with Gasteiger partial charge in [0.25, 0.3) is 0 Å². The highest BCUT2D eigenvalue weighted by Gasteiger charge is 2.33. The highest BCUT2D eigenvalue weighted by molar-refractivity contribution is 5.48. The average molecular weight is 289 g/mol. The Morgan fingerprint density at radius 1 is 1.52 bits per heavy atom. The van der Waals surface area contributed by atoms with Crippen molar-refractivity contribution in [1.29, 1.82) is 0 Å². The Morgan fingerprint density at radius 3 is 3.19 bits per heavy atom. The first-order valence-electron chi connectivity index (χ1n) is 7.55. The lowest BCUT2D eigenvalue weighted by molar-refractivity contribution is 0.124. The van der Waals surface area contributed by atoms with E-state index in [0.717, 1.165) is 50.5 Å². The van der Waals surface area contributed by atoms with Gasteiger partial charge in [-0.05, 0) is 31.4 Å². The molecule has 1 aliphatic rings. The fourth-order valence-corrected chi connectivity index (χ4v) is 3.10. The van der Waals surface area contributed by atoms with Crippen LogP contribution in [0.25, 0.3) is 5.65 Å². The molecular formula is C16H23N3O2. The summed E-state index contributed by atoms with van der Waals surface area (Å²) in [6.07, 6.45) is 5.80. The molecule has 0 aromatic carbocycles. The van der Waals surface area contributed by atoms with Gasteiger partial charge in [-0.25, -0.2) is 4.98 Å². The Morgan fingerprint density at radius 2 is 2.43 bits per heavy atom. The second kappa shape index (κ2) is 6.13. The second-order valence-corrected chi connectivity index (χ2v) is 6.01. The number of ether oxygens (including phenoxy) is 1. The summed E-state index contributed by atoms with van der Waals surface area (Å²) in [5.41, 5.74) is 3.45. The number of hydrogen-bond acceptors (Lipinski definition) is 4. The molecule has 2 aromatic heterocycles. The van der Waals surface area contributed by atoms with E-state index in [0.29, 0.717) is 0 Å². The fourth-order valence-electron chi connectivity index (χ4n) is 3.10. The molecule has 0 radical (unpaired) electrons. The van der Waals surface area contributed by atoms with Gasteiger partial charge in [-0.1, -0.05) is 6.07 Å². The van der Waals surface area contributed by atoms with Crippen LogP contribution in [0.1, 0.15) is 24.1 Å². The lowest BCUT2D eigenvalue weighted by Crippen LogP contribution is -2.35. The van der Waals surface area contributed by atoms with Gasteiger partial charge < -0.3 is 19.6 Å². The van der Waals surface area contributed by atoms with Crippen LogP contribution >= 0.6 is 0 Å². The summed E-state index contributed by atoms with van der Waals surface area (Å²) in [6, 6.07) is 4.12. The number of aliphatic hydroxyl groups is 1. The molecule has 0 saturated carbocycles. The van der Waals surface area contributed by atoms with E-state index in [9.17, 15) is 5.11 Å². The fraction of sp³-hybridized carbons (Fsp3) is 0.562. The van der Waals surface area contributed by atoms with Crippen LogP contribution in [0.4, 0.5) is 0 Å². The van der Waals surface area contributed by atoms with Crippen LogP contribution in [0.3, 0.4) is 0 Å². The van der Waals surface area contributed by atoms with E-state index >= 15 is 0 Å². The van der Waals surface area contributed by atoms with Gasteiger partial charge in [0.1, 0.15) is 5.65 Å². The van der Waals surface area contributed by atoms with Crippen molar-refractivity contribution in [2.75, 3.05) is 26.4 Å². The molecule has 21 heavy (non-hydrogen) atoms. The molecular weight excluding hydrogens is 266 g/mol. The van der Waals surface area contributed by atoms with Crippen LogP contribution in [-0.2, 0) is 11.3 Å². The Hall–Kier alpha value is -1.43. The quantitative estimate of drug-likeness (QED) is 0.846. The molecule has 1 unspecified atom stereocenters. The molecule has 2 N–H and O–H groups in total. The number of fused-ring (bicyclic) bond motifs is 1. The SMILES string of the molecule is Cc1cccn2c(CNCC3(CCO)CCOC3)cnc12. The van der Waals surface area contributed by atoms with Gasteiger partial charge >= 0.3 is 0 Å². The molecule has 114 valence electrons. The summed E-state index contributed by atoms with van der Waals surface area (Å²) in [4.78, 5) is 4.48. The Bertz CT molecular complexity index is 603. The molecule has 0 aliphatic carbocycles. The van der Waals surface area contributed by atoms with Crippen molar-refractivity contribution < 1.29 is 9.84 Å². The van der Waals surface area contributed by atoms with Crippen molar-refractivity contribution in [2.45, 2.75) is 26.3 Å². The summed E-state index contributed by atoms with van der Waals surface area (Å²) < 4.78 is 7.65. The van der Waals surface area contributed by atoms with Crippen LogP contribution < -0.4 is 5.32 Å². The zero-order chi connectivity index (χ0) is 14.7. The predicted octanol–water partition coefficient (Wildman–Crippen LogP) is 1.52. The first kappa shape index (κ1) is 14.5. The van der Waals surface area contributed by atoms with E-state index in [2.05, 4.69) is 33.9 Å². The molecule has 1 saturated heterocycles. The number of rotatable bonds is 6. The first-order chi connectivity index (χ1) is 10.2. The Labute approximate surface area is 125 Å². The van der Waals surface area contributed by atoms with E-state index in [-0.39, 0.29) is 12.0 Å². The van der Waals surface area contributed by atoms with Gasteiger partial charge in [0, 0.05) is 37.9 Å². The standard InChI is InChI=1S/C16H23N3O2/c1-13-3-2-6-19-14(10-18-15(13)19)9-17-11-16(4-7-20)5-8-21-12-16/h2-3,6,10,17,20H,4-5,7-9,11-12H2,1H3. The summed E-state index contributed by atoms with van der Waals surface area (Å²) in [5.74, 6) is 0. The zero-order valence-electron chi connectivity index (χ0n) is 12.5. The van der Waals surface area contributed by atoms with Crippen LogP contribution in [0.2, 0.25) is 0 Å². The maximum absolute atomic E-state index is 9.25. The molecule has 1 atom stereocenters. The number of hydrogen-bond donors (Lipinski definition) is 2. The van der Waals surface area contributed by atoms with Crippen molar-refractivity contribution >= 4 is 5.65 Å². The van der Waals surface area contributed by atoms with E-state index in [1.54, 1.807) is 0 Å². The minimum absolute atomic E-state index is 0.0885. The molecule has 0 spiro atoms. The summed E-state index contributed by atoms with van der Waals surface area (Å²) >= 11 is 0. The van der Waals surface area contributed by atoms with E-state index in [1.807, 2.05) is 12.3 Å². The van der Waals surface area contributed by atoms with Crippen molar-refractivity contribution in [3.8, 4) is 0 Å². The minimum atomic E-state index is 0.0885. The second-order valence-electron chi connectivity index (χ2n) is 6.01. The smallest absolute Gasteiger partial charge is 0.139 e. The van der Waals surface area contributed by atoms with Crippen LogP contribution in [0.15, 0.2) is 24.5 Å². The minimum Gasteiger partial charge on any atom is -0.396 e. The van der Waals surface area contributed by atoms with Crippen LogP contribution in [0.5, 0.6) is 0 Å². The van der Waals surface area contributed by atoms with Gasteiger partial charge in [0.2, 0.25) is 0 Å². The lowest BCUT2D eigenvalue weighted by Gasteiger charge is -2.26. The topological polar surface area (TPSA) is 58.8 Å². The number of pyridine rings is 1. The van der Waals surface area contributed by atoms with Crippen LogP contribution in [0, 0.1) is 12.3 Å². The Balaban J connectivity index is 1.65. The molecule has 5 nitrogen and oxygen atoms in total. The predicted molar refractivity (Wildman–Crippen MR) is 81.2 cm³/mol. The third kappa shape index (κ3) is 2.95. The molecule has 0 bridgehead atoms. The monoisotopic (exact) mass is 289 g/mol. The van der Waals surface area contributed by atoms with E-state index < -0.39 is 0 Å². The Kier molecular flexibility index (Phi) is 4.24. The van der Waals surface area contributed by atoms with Gasteiger partial charge in [0.15, 0.2) is 0 Å². The third-order valence-corrected chi connectivity index (χ3v) is 4.44. The van der Waals surface area contributed by atoms with E-state index in [4.69, 9.17) is 4.74 Å². The highest BCUT2D eigenvalue weighted by atomic mass is 16.5. The number of nitrogens with one attached hydrogen (secondary N) is 1. The number of aromatic nitrogens is 2. The van der Waals surface area contributed by atoms with E-state index in [1.165, 1.54) is 5.56 Å². The molecule has 5 heteroatoms. The third-order valence-electron chi connectivity index (χ3n) is 4.44. The van der Waals surface area contributed by atoms with Gasteiger partial charge in [-0.2, -0.15) is 0 Å². The average Bonchev–Trinajstić information content (AvgIpc) is 3.09. The number of imidazole rings is 1. The van der Waals surface area contributed by atoms with Crippen molar-refractivity contribution in [3.63, 3.8) is 0 Å². The summed E-state index contributed by atoms with van der Waals surface area (Å²) in [5, 5.41) is 12.8. The number of aryl methyl sites for hydroxylation is 1. The molecule has 3 rings (SSSR count). The molecule has 2 aromatic rings. The molecule has 3 heterocycles. The largest absolute Gasteiger partial charge is 0.396 e. The van der Waals surface area contributed by atoms with Crippen molar-refractivity contribution in [2.24, 2.45) is 5.41 Å². The number of aliphatic hydroxyl groups excluding tert-OH is 1. The van der Waals surface area contributed by atoms with Gasteiger partial charge in [-0.3, -0.25) is 0 Å². The first-order valence-corrected chi connectivity index (χ1v) is 7.55. The number of nitrogens with zero attached hydrogens (tertiary/aromatic N) is 2. The maximum Gasteiger partial charge on any atom is 0.139 e. The summed E-state index contributed by atoms with van der Waals surface area (Å²) in [6.45, 7) is 5.49. The lowest BCUT2D eigenvalue weighted by atomic mass is 9.84. The van der Waals surface area contributed by atoms with Crippen LogP contribution in [-0.4, -0.2) is 40.9 Å². The normalized spacial score (nSPS) is 22.2. The summed E-state index contributed by atoms with van der Waals surface area (Å²) in [7, 11) is 0. The van der Waals surface area contributed by atoms with Gasteiger partial charge in [-0.15, -0.1) is 0 Å². The highest BCUT2D eigenvalue weighted by Crippen LogP contribution is 2.31. The zero-order valence-corrected chi connectivity index (χ0v) is 12.5. The molecule has 0 amide bonds. The van der Waals surface area contributed by atoms with Crippen molar-refractivity contribution in [1.82, 2.24) is 14.7 Å². The maximum atomic E-state index is 9.25.